The topological polar surface area (TPSA) is 32.3 Å². The molecule has 3 rings (SSSR count). The highest BCUT2D eigenvalue weighted by Crippen LogP contribution is 2.29. The number of fused-ring (bicyclic) bond motifs is 1. The molecule has 0 spiro atoms. The fourth-order valence-electron chi connectivity index (χ4n) is 2.56. The Bertz CT molecular complexity index is 386. The minimum absolute atomic E-state index is 0.517. The van der Waals surface area contributed by atoms with Crippen LogP contribution in [0.1, 0.15) is 30.4 Å². The summed E-state index contributed by atoms with van der Waals surface area (Å²) in [7, 11) is 0. The SMILES string of the molecule is OC1(CNC2CC2)CCc2ccccc2C1. The Balaban J connectivity index is 1.70. The first kappa shape index (κ1) is 10.3. The molecule has 0 saturated heterocycles. The summed E-state index contributed by atoms with van der Waals surface area (Å²) in [6, 6.07) is 9.17. The van der Waals surface area contributed by atoms with Crippen LogP contribution in [0.4, 0.5) is 0 Å². The summed E-state index contributed by atoms with van der Waals surface area (Å²) in [5.41, 5.74) is 2.23. The minimum Gasteiger partial charge on any atom is -0.388 e. The summed E-state index contributed by atoms with van der Waals surface area (Å²) in [5, 5.41) is 14.0. The molecule has 2 N–H and O–H groups in total. The Kier molecular flexibility index (Phi) is 2.49. The van der Waals surface area contributed by atoms with Crippen LogP contribution in [0.2, 0.25) is 0 Å². The lowest BCUT2D eigenvalue weighted by atomic mass is 9.80. The van der Waals surface area contributed by atoms with Crippen molar-refractivity contribution in [1.29, 1.82) is 0 Å². The van der Waals surface area contributed by atoms with Crippen molar-refractivity contribution in [2.24, 2.45) is 0 Å². The molecule has 1 aromatic carbocycles. The van der Waals surface area contributed by atoms with Crippen LogP contribution in [0.25, 0.3) is 0 Å². The van der Waals surface area contributed by atoms with Gasteiger partial charge in [0.05, 0.1) is 5.60 Å². The van der Waals surface area contributed by atoms with Gasteiger partial charge in [-0.2, -0.15) is 0 Å². The predicted octanol–water partition coefficient (Wildman–Crippen LogP) is 1.66. The van der Waals surface area contributed by atoms with Gasteiger partial charge in [0, 0.05) is 19.0 Å². The molecule has 1 fully saturated rings. The van der Waals surface area contributed by atoms with E-state index in [1.807, 2.05) is 0 Å². The number of rotatable bonds is 3. The third-order valence-electron chi connectivity index (χ3n) is 3.79. The summed E-state index contributed by atoms with van der Waals surface area (Å²) in [4.78, 5) is 0. The smallest absolute Gasteiger partial charge is 0.0815 e. The lowest BCUT2D eigenvalue weighted by Crippen LogP contribution is -2.45. The molecule has 1 atom stereocenters. The number of hydrogen-bond donors (Lipinski definition) is 2. The van der Waals surface area contributed by atoms with Crippen LogP contribution >= 0.6 is 0 Å². The van der Waals surface area contributed by atoms with Gasteiger partial charge in [-0.05, 0) is 36.8 Å². The largest absolute Gasteiger partial charge is 0.388 e. The Morgan fingerprint density at radius 3 is 2.75 bits per heavy atom. The van der Waals surface area contributed by atoms with Crippen molar-refractivity contribution < 1.29 is 5.11 Å². The van der Waals surface area contributed by atoms with E-state index in [2.05, 4.69) is 29.6 Å². The number of benzene rings is 1. The molecule has 2 aliphatic carbocycles. The molecule has 1 aromatic rings. The van der Waals surface area contributed by atoms with Gasteiger partial charge in [0.15, 0.2) is 0 Å². The normalized spacial score (nSPS) is 28.8. The number of hydrogen-bond acceptors (Lipinski definition) is 2. The van der Waals surface area contributed by atoms with E-state index in [1.165, 1.54) is 24.0 Å². The average Bonchev–Trinajstić information content (AvgIpc) is 3.10. The van der Waals surface area contributed by atoms with Gasteiger partial charge in [0.2, 0.25) is 0 Å². The van der Waals surface area contributed by atoms with E-state index in [9.17, 15) is 5.11 Å². The van der Waals surface area contributed by atoms with Crippen molar-refractivity contribution in [3.05, 3.63) is 35.4 Å². The summed E-state index contributed by atoms with van der Waals surface area (Å²) in [6.45, 7) is 0.756. The molecule has 0 heterocycles. The van der Waals surface area contributed by atoms with Crippen molar-refractivity contribution in [1.82, 2.24) is 5.32 Å². The van der Waals surface area contributed by atoms with Gasteiger partial charge in [-0.1, -0.05) is 24.3 Å². The molecule has 0 amide bonds. The number of aliphatic hydroxyl groups is 1. The van der Waals surface area contributed by atoms with Gasteiger partial charge in [-0.3, -0.25) is 0 Å². The molecule has 2 nitrogen and oxygen atoms in total. The standard InChI is InChI=1S/C14H19NO/c16-14(10-15-13-5-6-13)8-7-11-3-1-2-4-12(11)9-14/h1-4,13,15-16H,5-10H2. The molecular weight excluding hydrogens is 198 g/mol. The highest BCUT2D eigenvalue weighted by molar-refractivity contribution is 5.31. The average molecular weight is 217 g/mol. The quantitative estimate of drug-likeness (QED) is 0.807. The maximum Gasteiger partial charge on any atom is 0.0815 e. The van der Waals surface area contributed by atoms with Crippen LogP contribution in [-0.2, 0) is 12.8 Å². The van der Waals surface area contributed by atoms with Gasteiger partial charge in [-0.25, -0.2) is 0 Å². The van der Waals surface area contributed by atoms with Gasteiger partial charge < -0.3 is 10.4 Å². The van der Waals surface area contributed by atoms with Crippen molar-refractivity contribution >= 4 is 0 Å². The van der Waals surface area contributed by atoms with E-state index in [0.717, 1.165) is 25.8 Å². The zero-order valence-electron chi connectivity index (χ0n) is 9.58. The van der Waals surface area contributed by atoms with Crippen LogP contribution < -0.4 is 5.32 Å². The molecule has 2 heteroatoms. The first-order valence-electron chi connectivity index (χ1n) is 6.28. The van der Waals surface area contributed by atoms with Gasteiger partial charge in [0.25, 0.3) is 0 Å². The zero-order valence-corrected chi connectivity index (χ0v) is 9.58. The molecule has 1 unspecified atom stereocenters. The van der Waals surface area contributed by atoms with Crippen molar-refractivity contribution in [2.75, 3.05) is 6.54 Å². The Hall–Kier alpha value is -0.860. The fraction of sp³-hybridized carbons (Fsp3) is 0.571. The monoisotopic (exact) mass is 217 g/mol. The fourth-order valence-corrected chi connectivity index (χ4v) is 2.56. The summed E-state index contributed by atoms with van der Waals surface area (Å²) in [5.74, 6) is 0. The molecule has 1 saturated carbocycles. The second-order valence-electron chi connectivity index (χ2n) is 5.33. The van der Waals surface area contributed by atoms with E-state index in [0.29, 0.717) is 6.04 Å². The second kappa shape index (κ2) is 3.86. The molecule has 2 aliphatic rings. The molecule has 16 heavy (non-hydrogen) atoms. The van der Waals surface area contributed by atoms with Gasteiger partial charge >= 0.3 is 0 Å². The lowest BCUT2D eigenvalue weighted by Gasteiger charge is -2.33. The molecule has 86 valence electrons. The van der Waals surface area contributed by atoms with Gasteiger partial charge in [0.1, 0.15) is 0 Å². The maximum absolute atomic E-state index is 10.5. The molecule has 0 radical (unpaired) electrons. The third kappa shape index (κ3) is 2.13. The van der Waals surface area contributed by atoms with Crippen molar-refractivity contribution in [3.8, 4) is 0 Å². The summed E-state index contributed by atoms with van der Waals surface area (Å²) >= 11 is 0. The van der Waals surface area contributed by atoms with Crippen LogP contribution in [0.5, 0.6) is 0 Å². The summed E-state index contributed by atoms with van der Waals surface area (Å²) < 4.78 is 0. The van der Waals surface area contributed by atoms with E-state index in [4.69, 9.17) is 0 Å². The highest BCUT2D eigenvalue weighted by atomic mass is 16.3. The molecule has 0 aromatic heterocycles. The minimum atomic E-state index is -0.517. The molecule has 0 aliphatic heterocycles. The summed E-state index contributed by atoms with van der Waals surface area (Å²) in [6.07, 6.45) is 5.28. The first-order chi connectivity index (χ1) is 7.75. The Morgan fingerprint density at radius 2 is 2.00 bits per heavy atom. The van der Waals surface area contributed by atoms with E-state index in [1.54, 1.807) is 0 Å². The van der Waals surface area contributed by atoms with Crippen molar-refractivity contribution in [2.45, 2.75) is 43.7 Å². The Labute approximate surface area is 96.7 Å². The van der Waals surface area contributed by atoms with Crippen LogP contribution in [0.15, 0.2) is 24.3 Å². The lowest BCUT2D eigenvalue weighted by molar-refractivity contribution is 0.0264. The number of aryl methyl sites for hydroxylation is 1. The van der Waals surface area contributed by atoms with Gasteiger partial charge in [-0.15, -0.1) is 0 Å². The van der Waals surface area contributed by atoms with E-state index < -0.39 is 5.60 Å². The highest BCUT2D eigenvalue weighted by Gasteiger charge is 2.33. The third-order valence-corrected chi connectivity index (χ3v) is 3.79. The molecule has 0 bridgehead atoms. The van der Waals surface area contributed by atoms with Crippen LogP contribution in [0, 0.1) is 0 Å². The predicted molar refractivity (Wildman–Crippen MR) is 64.4 cm³/mol. The van der Waals surface area contributed by atoms with E-state index in [-0.39, 0.29) is 0 Å². The molecular formula is C14H19NO. The number of nitrogens with one attached hydrogen (secondary N) is 1. The zero-order chi connectivity index (χ0) is 11.0. The second-order valence-corrected chi connectivity index (χ2v) is 5.33. The van der Waals surface area contributed by atoms with Crippen LogP contribution in [0.3, 0.4) is 0 Å². The van der Waals surface area contributed by atoms with Crippen LogP contribution in [-0.4, -0.2) is 23.3 Å². The first-order valence-corrected chi connectivity index (χ1v) is 6.28. The van der Waals surface area contributed by atoms with Crippen molar-refractivity contribution in [3.63, 3.8) is 0 Å². The Morgan fingerprint density at radius 1 is 1.25 bits per heavy atom. The van der Waals surface area contributed by atoms with E-state index >= 15 is 0 Å². The maximum atomic E-state index is 10.5.